The topological polar surface area (TPSA) is 54.5 Å². The maximum Gasteiger partial charge on any atom is 0.191 e. The van der Waals surface area contributed by atoms with E-state index in [0.29, 0.717) is 12.0 Å². The van der Waals surface area contributed by atoms with Gasteiger partial charge in [0.15, 0.2) is 5.96 Å². The van der Waals surface area contributed by atoms with Crippen molar-refractivity contribution < 1.29 is 0 Å². The first kappa shape index (κ1) is 9.96. The van der Waals surface area contributed by atoms with Crippen LogP contribution in [0.4, 0.5) is 0 Å². The van der Waals surface area contributed by atoms with Crippen LogP contribution in [-0.2, 0) is 6.42 Å². The molecule has 0 amide bonds. The van der Waals surface area contributed by atoms with Crippen LogP contribution in [0.5, 0.6) is 0 Å². The molecule has 15 heavy (non-hydrogen) atoms. The van der Waals surface area contributed by atoms with Crippen LogP contribution in [0.15, 0.2) is 29.5 Å². The number of nitrogens with zero attached hydrogens (tertiary/aromatic N) is 3. The number of aromatic nitrogens is 1. The van der Waals surface area contributed by atoms with Gasteiger partial charge in [0.1, 0.15) is 0 Å². The van der Waals surface area contributed by atoms with Crippen molar-refractivity contribution in [2.24, 2.45) is 10.7 Å². The first-order chi connectivity index (χ1) is 7.27. The van der Waals surface area contributed by atoms with E-state index in [0.717, 1.165) is 19.5 Å². The number of rotatable bonds is 3. The molecule has 0 spiro atoms. The quantitative estimate of drug-likeness (QED) is 0.786. The standard InChI is InChI=1S/C11H16N4/c1-9-7-14-11(12)15(9)6-4-10-3-2-5-13-8-10/h2-3,5,8-9H,4,6-7H2,1H3,(H2,12,14). The molecule has 0 bridgehead atoms. The highest BCUT2D eigenvalue weighted by atomic mass is 15.3. The van der Waals surface area contributed by atoms with E-state index >= 15 is 0 Å². The second kappa shape index (κ2) is 4.29. The molecule has 80 valence electrons. The largest absolute Gasteiger partial charge is 0.370 e. The van der Waals surface area contributed by atoms with E-state index < -0.39 is 0 Å². The molecule has 0 saturated heterocycles. The maximum absolute atomic E-state index is 5.79. The molecule has 0 aromatic carbocycles. The third-order valence-corrected chi connectivity index (χ3v) is 2.71. The van der Waals surface area contributed by atoms with E-state index in [-0.39, 0.29) is 0 Å². The first-order valence-corrected chi connectivity index (χ1v) is 5.23. The highest BCUT2D eigenvalue weighted by molar-refractivity contribution is 5.80. The monoisotopic (exact) mass is 204 g/mol. The lowest BCUT2D eigenvalue weighted by molar-refractivity contribution is 0.364. The van der Waals surface area contributed by atoms with Gasteiger partial charge in [-0.1, -0.05) is 6.07 Å². The number of guanidine groups is 1. The zero-order chi connectivity index (χ0) is 10.7. The van der Waals surface area contributed by atoms with Gasteiger partial charge >= 0.3 is 0 Å². The van der Waals surface area contributed by atoms with Crippen LogP contribution in [-0.4, -0.2) is 35.0 Å². The van der Waals surface area contributed by atoms with E-state index in [1.54, 1.807) is 6.20 Å². The summed E-state index contributed by atoms with van der Waals surface area (Å²) in [5.41, 5.74) is 7.03. The van der Waals surface area contributed by atoms with Crippen molar-refractivity contribution in [2.75, 3.05) is 13.1 Å². The van der Waals surface area contributed by atoms with Gasteiger partial charge < -0.3 is 10.6 Å². The Morgan fingerprint density at radius 2 is 2.47 bits per heavy atom. The summed E-state index contributed by atoms with van der Waals surface area (Å²) >= 11 is 0. The third kappa shape index (κ3) is 2.26. The van der Waals surface area contributed by atoms with Crippen molar-refractivity contribution in [3.05, 3.63) is 30.1 Å². The molecule has 0 saturated carbocycles. The van der Waals surface area contributed by atoms with Crippen molar-refractivity contribution in [2.45, 2.75) is 19.4 Å². The summed E-state index contributed by atoms with van der Waals surface area (Å²) in [5, 5.41) is 0. The van der Waals surface area contributed by atoms with Gasteiger partial charge in [0.25, 0.3) is 0 Å². The van der Waals surface area contributed by atoms with Crippen molar-refractivity contribution in [3.63, 3.8) is 0 Å². The van der Waals surface area contributed by atoms with Crippen molar-refractivity contribution >= 4 is 5.96 Å². The van der Waals surface area contributed by atoms with Crippen LogP contribution >= 0.6 is 0 Å². The van der Waals surface area contributed by atoms with Gasteiger partial charge in [-0.2, -0.15) is 0 Å². The summed E-state index contributed by atoms with van der Waals surface area (Å²) in [5.74, 6) is 0.673. The summed E-state index contributed by atoms with van der Waals surface area (Å²) in [6.45, 7) is 3.88. The van der Waals surface area contributed by atoms with Gasteiger partial charge in [-0.25, -0.2) is 0 Å². The molecule has 0 aliphatic carbocycles. The highest BCUT2D eigenvalue weighted by Gasteiger charge is 2.20. The molecule has 1 aromatic heterocycles. The van der Waals surface area contributed by atoms with Gasteiger partial charge in [-0.15, -0.1) is 0 Å². The number of hydrogen-bond donors (Lipinski definition) is 1. The Balaban J connectivity index is 1.91. The number of hydrogen-bond acceptors (Lipinski definition) is 4. The molecule has 0 radical (unpaired) electrons. The Bertz CT molecular complexity index is 347. The summed E-state index contributed by atoms with van der Waals surface area (Å²) in [7, 11) is 0. The van der Waals surface area contributed by atoms with E-state index in [4.69, 9.17) is 5.73 Å². The Morgan fingerprint density at radius 1 is 1.60 bits per heavy atom. The molecule has 2 N–H and O–H groups in total. The minimum Gasteiger partial charge on any atom is -0.370 e. The van der Waals surface area contributed by atoms with Crippen molar-refractivity contribution in [1.29, 1.82) is 0 Å². The van der Waals surface area contributed by atoms with Crippen LogP contribution in [0.25, 0.3) is 0 Å². The van der Waals surface area contributed by atoms with Gasteiger partial charge in [0, 0.05) is 25.0 Å². The average Bonchev–Trinajstić information content (AvgIpc) is 2.58. The molecule has 1 unspecified atom stereocenters. The van der Waals surface area contributed by atoms with Crippen LogP contribution in [0.3, 0.4) is 0 Å². The zero-order valence-corrected chi connectivity index (χ0v) is 8.93. The lowest BCUT2D eigenvalue weighted by Gasteiger charge is -2.22. The van der Waals surface area contributed by atoms with Gasteiger partial charge in [0.05, 0.1) is 6.54 Å². The molecule has 1 aliphatic rings. The molecule has 1 aliphatic heterocycles. The van der Waals surface area contributed by atoms with E-state index in [1.165, 1.54) is 5.56 Å². The lowest BCUT2D eigenvalue weighted by atomic mass is 10.2. The molecule has 4 nitrogen and oxygen atoms in total. The van der Waals surface area contributed by atoms with E-state index in [1.807, 2.05) is 12.3 Å². The second-order valence-electron chi connectivity index (χ2n) is 3.85. The van der Waals surface area contributed by atoms with Crippen molar-refractivity contribution in [3.8, 4) is 0 Å². The summed E-state index contributed by atoms with van der Waals surface area (Å²) < 4.78 is 0. The predicted molar refractivity (Wildman–Crippen MR) is 60.6 cm³/mol. The second-order valence-corrected chi connectivity index (χ2v) is 3.85. The van der Waals surface area contributed by atoms with Crippen molar-refractivity contribution in [1.82, 2.24) is 9.88 Å². The van der Waals surface area contributed by atoms with Crippen LogP contribution in [0.1, 0.15) is 12.5 Å². The molecule has 1 aromatic rings. The molecular formula is C11H16N4. The molecule has 0 fully saturated rings. The highest BCUT2D eigenvalue weighted by Crippen LogP contribution is 2.08. The van der Waals surface area contributed by atoms with Crippen LogP contribution < -0.4 is 5.73 Å². The molecule has 4 heteroatoms. The fraction of sp³-hybridized carbons (Fsp3) is 0.455. The smallest absolute Gasteiger partial charge is 0.191 e. The third-order valence-electron chi connectivity index (χ3n) is 2.71. The van der Waals surface area contributed by atoms with Crippen LogP contribution in [0, 0.1) is 0 Å². The van der Waals surface area contributed by atoms with Gasteiger partial charge in [-0.05, 0) is 25.0 Å². The predicted octanol–water partition coefficient (Wildman–Crippen LogP) is 0.643. The lowest BCUT2D eigenvalue weighted by Crippen LogP contribution is -2.40. The Labute approximate surface area is 89.8 Å². The van der Waals surface area contributed by atoms with Crippen LogP contribution in [0.2, 0.25) is 0 Å². The number of nitrogens with two attached hydrogens (primary N) is 1. The Morgan fingerprint density at radius 3 is 3.07 bits per heavy atom. The van der Waals surface area contributed by atoms with Gasteiger partial charge in [-0.3, -0.25) is 9.98 Å². The summed E-state index contributed by atoms with van der Waals surface area (Å²) in [4.78, 5) is 10.4. The fourth-order valence-electron chi connectivity index (χ4n) is 1.77. The molecule has 2 rings (SSSR count). The van der Waals surface area contributed by atoms with E-state index in [2.05, 4.69) is 27.9 Å². The normalized spacial score (nSPS) is 20.5. The maximum atomic E-state index is 5.79. The molecular weight excluding hydrogens is 188 g/mol. The minimum absolute atomic E-state index is 0.432. The van der Waals surface area contributed by atoms with Gasteiger partial charge in [0.2, 0.25) is 0 Å². The molecule has 2 heterocycles. The minimum atomic E-state index is 0.432. The first-order valence-electron chi connectivity index (χ1n) is 5.23. The average molecular weight is 204 g/mol. The summed E-state index contributed by atoms with van der Waals surface area (Å²) in [6, 6.07) is 4.48. The van der Waals surface area contributed by atoms with E-state index in [9.17, 15) is 0 Å². The molecule has 1 atom stereocenters. The summed E-state index contributed by atoms with van der Waals surface area (Å²) in [6.07, 6.45) is 4.65. The number of pyridine rings is 1. The Kier molecular flexibility index (Phi) is 2.85. The number of aliphatic imine (C=N–C) groups is 1. The zero-order valence-electron chi connectivity index (χ0n) is 8.93. The Hall–Kier alpha value is -1.58. The SMILES string of the molecule is CC1CN=C(N)N1CCc1cccnc1. The fourth-order valence-corrected chi connectivity index (χ4v) is 1.77.